The second-order valence-corrected chi connectivity index (χ2v) is 5.78. The molecule has 1 aromatic carbocycles. The van der Waals surface area contributed by atoms with Gasteiger partial charge in [0, 0.05) is 22.0 Å². The zero-order valence-corrected chi connectivity index (χ0v) is 12.2. The van der Waals surface area contributed by atoms with Gasteiger partial charge in [-0.15, -0.1) is 11.8 Å². The molecule has 0 aliphatic heterocycles. The summed E-state index contributed by atoms with van der Waals surface area (Å²) >= 11 is 5.16. The van der Waals surface area contributed by atoms with E-state index in [9.17, 15) is 0 Å². The van der Waals surface area contributed by atoms with Crippen molar-refractivity contribution in [2.75, 3.05) is 12.8 Å². The second kappa shape index (κ2) is 7.15. The summed E-state index contributed by atoms with van der Waals surface area (Å²) in [5.41, 5.74) is 1.41. The average Bonchev–Trinajstić information content (AvgIpc) is 2.27. The molecule has 0 fully saturated rings. The van der Waals surface area contributed by atoms with E-state index in [0.29, 0.717) is 6.04 Å². The smallest absolute Gasteiger partial charge is 0.0268 e. The zero-order valence-electron chi connectivity index (χ0n) is 9.79. The molecule has 0 heterocycles. The molecule has 0 radical (unpaired) electrons. The van der Waals surface area contributed by atoms with Crippen molar-refractivity contribution in [3.8, 4) is 0 Å². The predicted molar refractivity (Wildman–Crippen MR) is 77.5 cm³/mol. The summed E-state index contributed by atoms with van der Waals surface area (Å²) in [6.45, 7) is 6.84. The summed E-state index contributed by atoms with van der Waals surface area (Å²) in [6.07, 6.45) is 3.18. The molecule has 0 aliphatic rings. The maximum absolute atomic E-state index is 3.82. The Morgan fingerprint density at radius 3 is 2.81 bits per heavy atom. The summed E-state index contributed by atoms with van der Waals surface area (Å²) < 4.78 is 0.998. The fraction of sp³-hybridized carbons (Fsp3) is 0.385. The number of halogens is 1. The van der Waals surface area contributed by atoms with Crippen LogP contribution >= 0.6 is 27.7 Å². The van der Waals surface area contributed by atoms with Crippen molar-refractivity contribution < 1.29 is 0 Å². The molecule has 16 heavy (non-hydrogen) atoms. The number of rotatable bonds is 6. The van der Waals surface area contributed by atoms with E-state index in [1.54, 1.807) is 0 Å². The largest absolute Gasteiger partial charge is 0.309 e. The molecule has 0 aliphatic carbocycles. The number of thioether (sulfide) groups is 1. The average molecular weight is 300 g/mol. The Morgan fingerprint density at radius 1 is 1.50 bits per heavy atom. The zero-order chi connectivity index (χ0) is 12.0. The molecular weight excluding hydrogens is 282 g/mol. The third kappa shape index (κ3) is 4.73. The fourth-order valence-corrected chi connectivity index (χ4v) is 2.35. The first kappa shape index (κ1) is 13.8. The van der Waals surface area contributed by atoms with Gasteiger partial charge in [-0.25, -0.2) is 0 Å². The number of hydrogen-bond acceptors (Lipinski definition) is 2. The van der Waals surface area contributed by atoms with Gasteiger partial charge in [-0.05, 0) is 31.2 Å². The van der Waals surface area contributed by atoms with Gasteiger partial charge in [-0.3, -0.25) is 0 Å². The van der Waals surface area contributed by atoms with Gasteiger partial charge in [0.25, 0.3) is 0 Å². The lowest BCUT2D eigenvalue weighted by molar-refractivity contribution is 0.576. The van der Waals surface area contributed by atoms with Gasteiger partial charge in [0.15, 0.2) is 0 Å². The Bertz CT molecular complexity index is 352. The molecule has 3 heteroatoms. The third-order valence-electron chi connectivity index (χ3n) is 2.36. The Labute approximate surface area is 111 Å². The molecule has 0 spiro atoms. The van der Waals surface area contributed by atoms with Gasteiger partial charge in [0.05, 0.1) is 0 Å². The minimum absolute atomic E-state index is 0.461. The van der Waals surface area contributed by atoms with Crippen molar-refractivity contribution in [2.24, 2.45) is 0 Å². The van der Waals surface area contributed by atoms with Crippen molar-refractivity contribution in [1.29, 1.82) is 0 Å². The molecule has 0 aromatic heterocycles. The Hall–Kier alpha value is -0.250. The van der Waals surface area contributed by atoms with E-state index in [1.807, 2.05) is 11.8 Å². The van der Waals surface area contributed by atoms with E-state index < -0.39 is 0 Å². The second-order valence-electron chi connectivity index (χ2n) is 3.82. The molecule has 0 saturated heterocycles. The molecule has 1 unspecified atom stereocenters. The number of nitrogens with one attached hydrogen (secondary N) is 1. The van der Waals surface area contributed by atoms with Crippen molar-refractivity contribution in [1.82, 2.24) is 5.32 Å². The van der Waals surface area contributed by atoms with E-state index in [-0.39, 0.29) is 0 Å². The highest BCUT2D eigenvalue weighted by atomic mass is 79.9. The molecule has 0 amide bonds. The number of hydrogen-bond donors (Lipinski definition) is 1. The van der Waals surface area contributed by atoms with Crippen molar-refractivity contribution >= 4 is 27.7 Å². The maximum Gasteiger partial charge on any atom is 0.0268 e. The lowest BCUT2D eigenvalue weighted by Gasteiger charge is -2.15. The van der Waals surface area contributed by atoms with Crippen molar-refractivity contribution in [2.45, 2.75) is 24.3 Å². The molecule has 0 bridgehead atoms. The summed E-state index contributed by atoms with van der Waals surface area (Å²) in [5.74, 6) is 0. The van der Waals surface area contributed by atoms with Gasteiger partial charge in [0.1, 0.15) is 0 Å². The van der Waals surface area contributed by atoms with Crippen molar-refractivity contribution in [3.05, 3.63) is 40.9 Å². The van der Waals surface area contributed by atoms with E-state index in [1.165, 1.54) is 10.5 Å². The van der Waals surface area contributed by atoms with Crippen molar-refractivity contribution in [3.63, 3.8) is 0 Å². The highest BCUT2D eigenvalue weighted by Crippen LogP contribution is 2.21. The minimum Gasteiger partial charge on any atom is -0.309 e. The minimum atomic E-state index is 0.461. The lowest BCUT2D eigenvalue weighted by atomic mass is 10.1. The highest BCUT2D eigenvalue weighted by molar-refractivity contribution is 9.11. The summed E-state index contributed by atoms with van der Waals surface area (Å²) in [7, 11) is 0. The Kier molecular flexibility index (Phi) is 6.17. The maximum atomic E-state index is 3.82. The normalized spacial score (nSPS) is 12.4. The Balaban J connectivity index is 2.55. The SMILES string of the molecule is C=C(Br)CNC(C)Cc1ccccc1SC. The molecular formula is C13H18BrNS. The lowest BCUT2D eigenvalue weighted by Crippen LogP contribution is -2.29. The molecule has 88 valence electrons. The fourth-order valence-electron chi connectivity index (χ4n) is 1.56. The molecule has 1 N–H and O–H groups in total. The van der Waals surface area contributed by atoms with Crippen LogP contribution in [0.4, 0.5) is 0 Å². The summed E-state index contributed by atoms with van der Waals surface area (Å²) in [5, 5.41) is 3.43. The molecule has 1 aromatic rings. The topological polar surface area (TPSA) is 12.0 Å². The van der Waals surface area contributed by atoms with Crippen LogP contribution in [-0.2, 0) is 6.42 Å². The van der Waals surface area contributed by atoms with E-state index in [2.05, 4.69) is 65.3 Å². The van der Waals surface area contributed by atoms with Crippen LogP contribution in [0, 0.1) is 0 Å². The van der Waals surface area contributed by atoms with E-state index >= 15 is 0 Å². The first-order valence-electron chi connectivity index (χ1n) is 5.32. The van der Waals surface area contributed by atoms with Crippen LogP contribution in [0.25, 0.3) is 0 Å². The van der Waals surface area contributed by atoms with Crippen LogP contribution in [0.15, 0.2) is 40.2 Å². The number of benzene rings is 1. The molecule has 0 saturated carbocycles. The highest BCUT2D eigenvalue weighted by Gasteiger charge is 2.06. The molecule has 1 rings (SSSR count). The van der Waals surface area contributed by atoms with Gasteiger partial charge < -0.3 is 5.32 Å². The van der Waals surface area contributed by atoms with Crippen LogP contribution in [0.5, 0.6) is 0 Å². The first-order chi connectivity index (χ1) is 7.63. The van der Waals surface area contributed by atoms with Crippen LogP contribution in [-0.4, -0.2) is 18.8 Å². The quantitative estimate of drug-likeness (QED) is 0.801. The summed E-state index contributed by atoms with van der Waals surface area (Å²) in [4.78, 5) is 1.37. The first-order valence-corrected chi connectivity index (χ1v) is 7.33. The monoisotopic (exact) mass is 299 g/mol. The van der Waals surface area contributed by atoms with Gasteiger partial charge in [-0.1, -0.05) is 40.7 Å². The van der Waals surface area contributed by atoms with E-state index in [0.717, 1.165) is 17.4 Å². The van der Waals surface area contributed by atoms with Crippen LogP contribution in [0.3, 0.4) is 0 Å². The Morgan fingerprint density at radius 2 is 2.19 bits per heavy atom. The van der Waals surface area contributed by atoms with Crippen LogP contribution in [0.2, 0.25) is 0 Å². The van der Waals surface area contributed by atoms with Gasteiger partial charge in [0.2, 0.25) is 0 Å². The van der Waals surface area contributed by atoms with Gasteiger partial charge in [-0.2, -0.15) is 0 Å². The molecule has 1 atom stereocenters. The molecule has 1 nitrogen and oxygen atoms in total. The predicted octanol–water partition coefficient (Wildman–Crippen LogP) is 3.84. The third-order valence-corrected chi connectivity index (χ3v) is 3.48. The van der Waals surface area contributed by atoms with Crippen LogP contribution < -0.4 is 5.32 Å². The summed E-state index contributed by atoms with van der Waals surface area (Å²) in [6, 6.07) is 9.03. The van der Waals surface area contributed by atoms with Gasteiger partial charge >= 0.3 is 0 Å². The van der Waals surface area contributed by atoms with Crippen LogP contribution in [0.1, 0.15) is 12.5 Å². The standard InChI is InChI=1S/C13H18BrNS/c1-10(14)9-15-11(2)8-12-6-4-5-7-13(12)16-3/h4-7,11,15H,1,8-9H2,2-3H3. The van der Waals surface area contributed by atoms with E-state index in [4.69, 9.17) is 0 Å².